The fourth-order valence-electron chi connectivity index (χ4n) is 2.76. The number of halogens is 2. The maximum absolute atomic E-state index is 13.5. The minimum Gasteiger partial charge on any atom is -0.493 e. The normalized spacial score (nSPS) is 10.3. The van der Waals surface area contributed by atoms with Crippen LogP contribution in [0.1, 0.15) is 5.76 Å². The van der Waals surface area contributed by atoms with Crippen molar-refractivity contribution in [1.29, 1.82) is 0 Å². The first-order chi connectivity index (χ1) is 15.1. The summed E-state index contributed by atoms with van der Waals surface area (Å²) >= 11 is 5.86. The molecule has 0 spiro atoms. The lowest BCUT2D eigenvalue weighted by atomic mass is 10.2. The summed E-state index contributed by atoms with van der Waals surface area (Å²) in [5, 5.41) is 3.70. The highest BCUT2D eigenvalue weighted by Crippen LogP contribution is 2.37. The number of hydrogen-bond donors (Lipinski definition) is 1. The molecule has 0 aliphatic rings. The van der Waals surface area contributed by atoms with Crippen molar-refractivity contribution in [3.8, 4) is 29.3 Å². The first kappa shape index (κ1) is 20.2. The van der Waals surface area contributed by atoms with E-state index in [4.69, 9.17) is 25.5 Å². The maximum atomic E-state index is 13.5. The minimum absolute atomic E-state index is 0.0136. The number of aldehydes is 1. The molecule has 9 heteroatoms. The summed E-state index contributed by atoms with van der Waals surface area (Å²) in [7, 11) is 1.50. The number of nitrogens with one attached hydrogen (secondary N) is 1. The van der Waals surface area contributed by atoms with Crippen LogP contribution in [-0.2, 0) is 4.79 Å². The zero-order valence-electron chi connectivity index (χ0n) is 16.0. The van der Waals surface area contributed by atoms with Crippen molar-refractivity contribution in [3.05, 3.63) is 65.4 Å². The van der Waals surface area contributed by atoms with Gasteiger partial charge < -0.3 is 19.2 Å². The maximum Gasteiger partial charge on any atom is 0.291 e. The molecule has 0 saturated carbocycles. The number of hydrogen-bond acceptors (Lipinski definition) is 7. The van der Waals surface area contributed by atoms with E-state index in [9.17, 15) is 9.18 Å². The highest BCUT2D eigenvalue weighted by atomic mass is 35.5. The molecule has 0 saturated heterocycles. The Kier molecular flexibility index (Phi) is 5.69. The van der Waals surface area contributed by atoms with Crippen molar-refractivity contribution < 1.29 is 23.1 Å². The summed E-state index contributed by atoms with van der Waals surface area (Å²) in [6.07, 6.45) is 1.86. The van der Waals surface area contributed by atoms with Crippen molar-refractivity contribution in [1.82, 2.24) is 9.97 Å². The molecule has 2 aromatic carbocycles. The van der Waals surface area contributed by atoms with Gasteiger partial charge in [0.1, 0.15) is 18.0 Å². The number of ether oxygens (including phenoxy) is 2. The highest BCUT2D eigenvalue weighted by molar-refractivity contribution is 6.31. The fourth-order valence-corrected chi connectivity index (χ4v) is 2.95. The van der Waals surface area contributed by atoms with Crippen LogP contribution in [0.15, 0.2) is 53.2 Å². The average Bonchev–Trinajstić information content (AvgIpc) is 3.22. The third-order valence-corrected chi connectivity index (χ3v) is 4.44. The van der Waals surface area contributed by atoms with Crippen LogP contribution in [0, 0.1) is 17.7 Å². The molecule has 0 aliphatic carbocycles. The number of aromatic nitrogens is 2. The molecular formula is C22H13ClFN3O4. The quantitative estimate of drug-likeness (QED) is 0.343. The molecular weight excluding hydrogens is 425 g/mol. The molecule has 0 fully saturated rings. The zero-order chi connectivity index (χ0) is 21.8. The van der Waals surface area contributed by atoms with Crippen LogP contribution in [0.2, 0.25) is 5.02 Å². The van der Waals surface area contributed by atoms with Gasteiger partial charge in [0, 0.05) is 23.2 Å². The van der Waals surface area contributed by atoms with Gasteiger partial charge in [-0.3, -0.25) is 4.79 Å². The molecule has 154 valence electrons. The molecule has 4 aromatic rings. The molecule has 4 rings (SSSR count). The predicted molar refractivity (Wildman–Crippen MR) is 113 cm³/mol. The van der Waals surface area contributed by atoms with Crippen LogP contribution < -0.4 is 14.8 Å². The van der Waals surface area contributed by atoms with Crippen LogP contribution >= 0.6 is 11.6 Å². The van der Waals surface area contributed by atoms with Crippen LogP contribution in [0.3, 0.4) is 0 Å². The first-order valence-corrected chi connectivity index (χ1v) is 9.23. The second-order valence-electron chi connectivity index (χ2n) is 6.10. The van der Waals surface area contributed by atoms with Crippen LogP contribution in [0.25, 0.3) is 10.9 Å². The molecule has 0 amide bonds. The molecule has 1 N–H and O–H groups in total. The monoisotopic (exact) mass is 437 g/mol. The number of furan rings is 1. The molecule has 0 bridgehead atoms. The smallest absolute Gasteiger partial charge is 0.291 e. The third-order valence-electron chi connectivity index (χ3n) is 4.15. The zero-order valence-corrected chi connectivity index (χ0v) is 16.7. The molecule has 0 unspecified atom stereocenters. The summed E-state index contributed by atoms with van der Waals surface area (Å²) < 4.78 is 30.1. The third kappa shape index (κ3) is 4.42. The summed E-state index contributed by atoms with van der Waals surface area (Å²) in [6.45, 7) is 0. The molecule has 7 nitrogen and oxygen atoms in total. The molecule has 2 aromatic heterocycles. The summed E-state index contributed by atoms with van der Waals surface area (Å²) in [5.41, 5.74) is 1.14. The van der Waals surface area contributed by atoms with E-state index in [2.05, 4.69) is 27.1 Å². The number of carbonyl (C=O) groups excluding carboxylic acids is 1. The Morgan fingerprint density at radius 2 is 2.03 bits per heavy atom. The number of benzene rings is 2. The van der Waals surface area contributed by atoms with Gasteiger partial charge in [0.2, 0.25) is 0 Å². The molecule has 0 aliphatic heterocycles. The SMILES string of the molecule is COc1cc2ncnc(Nc3ccc(F)c(Cl)c3)c2cc1Oc1ccc(C#CC=O)o1. The Labute approximate surface area is 180 Å². The van der Waals surface area contributed by atoms with E-state index in [1.54, 1.807) is 30.3 Å². The van der Waals surface area contributed by atoms with E-state index in [0.29, 0.717) is 40.2 Å². The Bertz CT molecular complexity index is 1340. The van der Waals surface area contributed by atoms with Gasteiger partial charge in [-0.25, -0.2) is 14.4 Å². The van der Waals surface area contributed by atoms with Crippen molar-refractivity contribution in [2.45, 2.75) is 0 Å². The van der Waals surface area contributed by atoms with E-state index in [1.807, 2.05) is 0 Å². The predicted octanol–water partition coefficient (Wildman–Crippen LogP) is 5.11. The largest absolute Gasteiger partial charge is 0.493 e. The summed E-state index contributed by atoms with van der Waals surface area (Å²) in [4.78, 5) is 18.9. The number of methoxy groups -OCH3 is 1. The second-order valence-corrected chi connectivity index (χ2v) is 6.51. The Morgan fingerprint density at radius 3 is 2.81 bits per heavy atom. The lowest BCUT2D eigenvalue weighted by Gasteiger charge is -2.13. The highest BCUT2D eigenvalue weighted by Gasteiger charge is 2.14. The van der Waals surface area contributed by atoms with Gasteiger partial charge >= 0.3 is 0 Å². The lowest BCUT2D eigenvalue weighted by Crippen LogP contribution is -1.98. The Balaban J connectivity index is 1.72. The van der Waals surface area contributed by atoms with Crippen molar-refractivity contribution in [3.63, 3.8) is 0 Å². The number of fused-ring (bicyclic) bond motifs is 1. The van der Waals surface area contributed by atoms with Gasteiger partial charge in [-0.1, -0.05) is 11.6 Å². The van der Waals surface area contributed by atoms with Gasteiger partial charge in [0.15, 0.2) is 23.5 Å². The average molecular weight is 438 g/mol. The van der Waals surface area contributed by atoms with Crippen molar-refractivity contribution >= 4 is 40.3 Å². The van der Waals surface area contributed by atoms with Gasteiger partial charge in [0.05, 0.1) is 17.6 Å². The summed E-state index contributed by atoms with van der Waals surface area (Å²) in [6, 6.07) is 10.8. The van der Waals surface area contributed by atoms with Crippen LogP contribution in [0.5, 0.6) is 17.4 Å². The topological polar surface area (TPSA) is 86.5 Å². The molecule has 0 atom stereocenters. The molecule has 31 heavy (non-hydrogen) atoms. The standard InChI is InChI=1S/C22H13ClFN3O4/c1-29-19-11-18-15(10-20(19)31-21-7-5-14(30-21)3-2-8-28)22(26-12-25-18)27-13-4-6-17(24)16(23)9-13/h4-12H,1H3,(H,25,26,27). The first-order valence-electron chi connectivity index (χ1n) is 8.85. The van der Waals surface area contributed by atoms with Gasteiger partial charge in [0.25, 0.3) is 5.95 Å². The Morgan fingerprint density at radius 1 is 1.16 bits per heavy atom. The van der Waals surface area contributed by atoms with Crippen molar-refractivity contribution in [2.24, 2.45) is 0 Å². The second kappa shape index (κ2) is 8.73. The number of nitrogens with zero attached hydrogens (tertiary/aromatic N) is 2. The minimum atomic E-state index is -0.518. The van der Waals surface area contributed by atoms with Gasteiger partial charge in [-0.05, 0) is 42.2 Å². The summed E-state index contributed by atoms with van der Waals surface area (Å²) in [5.74, 6) is 5.94. The van der Waals surface area contributed by atoms with Gasteiger partial charge in [-0.2, -0.15) is 0 Å². The molecule has 2 heterocycles. The van der Waals surface area contributed by atoms with Gasteiger partial charge in [-0.15, -0.1) is 0 Å². The molecule has 0 radical (unpaired) electrons. The Hall–Kier alpha value is -4.09. The van der Waals surface area contributed by atoms with Crippen molar-refractivity contribution in [2.75, 3.05) is 12.4 Å². The van der Waals surface area contributed by atoms with E-state index in [1.165, 1.54) is 25.6 Å². The van der Waals surface area contributed by atoms with E-state index in [0.717, 1.165) is 0 Å². The number of carbonyl (C=O) groups is 1. The lowest BCUT2D eigenvalue weighted by molar-refractivity contribution is -0.103. The fraction of sp³-hybridized carbons (Fsp3) is 0.0455. The van der Waals surface area contributed by atoms with E-state index in [-0.39, 0.29) is 16.7 Å². The van der Waals surface area contributed by atoms with E-state index >= 15 is 0 Å². The van der Waals surface area contributed by atoms with E-state index < -0.39 is 5.82 Å². The van der Waals surface area contributed by atoms with Crippen LogP contribution in [-0.4, -0.2) is 23.4 Å². The van der Waals surface area contributed by atoms with Crippen LogP contribution in [0.4, 0.5) is 15.9 Å². The number of anilines is 2. The number of rotatable bonds is 5.